The van der Waals surface area contributed by atoms with Gasteiger partial charge in [0, 0.05) is 6.21 Å². The Bertz CT molecular complexity index is 255. The van der Waals surface area contributed by atoms with Gasteiger partial charge in [-0.2, -0.15) is 0 Å². The lowest BCUT2D eigenvalue weighted by atomic mass is 10.4. The summed E-state index contributed by atoms with van der Waals surface area (Å²) in [6.07, 6.45) is 6.03. The van der Waals surface area contributed by atoms with E-state index in [1.807, 2.05) is 13.0 Å². The summed E-state index contributed by atoms with van der Waals surface area (Å²) in [5, 5.41) is 0. The SMILES string of the molecule is CC/C=C\C=N/CS(=O)(=O)NC. The molecule has 0 saturated heterocycles. The van der Waals surface area contributed by atoms with Crippen LogP contribution in [-0.2, 0) is 10.0 Å². The molecule has 0 saturated carbocycles. The summed E-state index contributed by atoms with van der Waals surface area (Å²) in [5.74, 6) is -0.211. The second-order valence-corrected chi connectivity index (χ2v) is 4.01. The predicted molar refractivity (Wildman–Crippen MR) is 50.8 cm³/mol. The zero-order chi connectivity index (χ0) is 9.45. The Morgan fingerprint density at radius 2 is 2.17 bits per heavy atom. The molecule has 0 rings (SSSR count). The molecule has 0 heterocycles. The molecule has 0 spiro atoms. The predicted octanol–water partition coefficient (Wildman–Crippen LogP) is 0.530. The number of allylic oxidation sites excluding steroid dienone is 2. The zero-order valence-electron chi connectivity index (χ0n) is 7.32. The first-order chi connectivity index (χ1) is 5.62. The summed E-state index contributed by atoms with van der Waals surface area (Å²) >= 11 is 0. The van der Waals surface area contributed by atoms with Crippen molar-refractivity contribution >= 4 is 16.2 Å². The fourth-order valence-electron chi connectivity index (χ4n) is 0.464. The van der Waals surface area contributed by atoms with Crippen LogP contribution in [0.25, 0.3) is 0 Å². The number of nitrogens with zero attached hydrogens (tertiary/aromatic N) is 1. The van der Waals surface area contributed by atoms with Gasteiger partial charge >= 0.3 is 0 Å². The molecule has 0 radical (unpaired) electrons. The largest absolute Gasteiger partial charge is 0.276 e. The van der Waals surface area contributed by atoms with Gasteiger partial charge in [-0.15, -0.1) is 0 Å². The van der Waals surface area contributed by atoms with Crippen molar-refractivity contribution < 1.29 is 8.42 Å². The first kappa shape index (κ1) is 11.3. The fraction of sp³-hybridized carbons (Fsp3) is 0.571. The van der Waals surface area contributed by atoms with E-state index in [-0.39, 0.29) is 5.88 Å². The fourth-order valence-corrected chi connectivity index (χ4v) is 0.875. The van der Waals surface area contributed by atoms with Crippen LogP contribution >= 0.6 is 0 Å². The Morgan fingerprint density at radius 3 is 2.67 bits per heavy atom. The van der Waals surface area contributed by atoms with E-state index >= 15 is 0 Å². The van der Waals surface area contributed by atoms with Gasteiger partial charge in [-0.3, -0.25) is 4.99 Å². The van der Waals surface area contributed by atoms with Crippen LogP contribution < -0.4 is 4.72 Å². The average Bonchev–Trinajstić information content (AvgIpc) is 2.04. The minimum Gasteiger partial charge on any atom is -0.276 e. The number of aliphatic imine (C=N–C) groups is 1. The van der Waals surface area contributed by atoms with Crippen LogP contribution in [0.5, 0.6) is 0 Å². The quantitative estimate of drug-likeness (QED) is 0.643. The van der Waals surface area contributed by atoms with Crippen LogP contribution in [0.2, 0.25) is 0 Å². The minimum absolute atomic E-state index is 0.211. The third-order valence-corrected chi connectivity index (χ3v) is 2.23. The maximum atomic E-state index is 10.8. The maximum Gasteiger partial charge on any atom is 0.231 e. The first-order valence-corrected chi connectivity index (χ1v) is 5.33. The van der Waals surface area contributed by atoms with Gasteiger partial charge in [0.15, 0.2) is 5.88 Å². The molecule has 1 N–H and O–H groups in total. The molecule has 5 heteroatoms. The van der Waals surface area contributed by atoms with E-state index in [4.69, 9.17) is 0 Å². The summed E-state index contributed by atoms with van der Waals surface area (Å²) < 4.78 is 23.7. The Hall–Kier alpha value is -0.680. The molecule has 0 fully saturated rings. The average molecular weight is 190 g/mol. The smallest absolute Gasteiger partial charge is 0.231 e. The van der Waals surface area contributed by atoms with Crippen LogP contribution in [-0.4, -0.2) is 27.6 Å². The Balaban J connectivity index is 3.83. The van der Waals surface area contributed by atoms with E-state index in [2.05, 4.69) is 9.71 Å². The highest BCUT2D eigenvalue weighted by Crippen LogP contribution is 1.82. The molecule has 70 valence electrons. The van der Waals surface area contributed by atoms with Crippen molar-refractivity contribution in [1.29, 1.82) is 0 Å². The monoisotopic (exact) mass is 190 g/mol. The first-order valence-electron chi connectivity index (χ1n) is 3.68. The molecule has 4 nitrogen and oxygen atoms in total. The lowest BCUT2D eigenvalue weighted by Gasteiger charge is -1.94. The third kappa shape index (κ3) is 6.06. The van der Waals surface area contributed by atoms with Crippen molar-refractivity contribution in [3.05, 3.63) is 12.2 Å². The molecule has 0 aliphatic rings. The summed E-state index contributed by atoms with van der Waals surface area (Å²) in [6.45, 7) is 1.99. The van der Waals surface area contributed by atoms with E-state index in [0.717, 1.165) is 6.42 Å². The third-order valence-electron chi connectivity index (χ3n) is 1.12. The van der Waals surface area contributed by atoms with Gasteiger partial charge in [-0.05, 0) is 19.5 Å². The van der Waals surface area contributed by atoms with Crippen LogP contribution in [0.15, 0.2) is 17.1 Å². The van der Waals surface area contributed by atoms with Gasteiger partial charge in [0.2, 0.25) is 10.0 Å². The minimum atomic E-state index is -3.19. The van der Waals surface area contributed by atoms with Gasteiger partial charge in [-0.1, -0.05) is 13.0 Å². The number of hydrogen-bond acceptors (Lipinski definition) is 3. The standard InChI is InChI=1S/C7H14N2O2S/c1-3-4-5-6-9-7-12(10,11)8-2/h4-6,8H,3,7H2,1-2H3/b5-4-,9-6-. The van der Waals surface area contributed by atoms with E-state index in [9.17, 15) is 8.42 Å². The molecule has 0 bridgehead atoms. The molecule has 0 aliphatic carbocycles. The van der Waals surface area contributed by atoms with Crippen molar-refractivity contribution in [2.75, 3.05) is 12.9 Å². The van der Waals surface area contributed by atoms with Crippen LogP contribution in [0.3, 0.4) is 0 Å². The van der Waals surface area contributed by atoms with Gasteiger partial charge in [0.05, 0.1) is 0 Å². The van der Waals surface area contributed by atoms with Gasteiger partial charge in [0.1, 0.15) is 0 Å². The summed E-state index contributed by atoms with van der Waals surface area (Å²) in [6, 6.07) is 0. The Morgan fingerprint density at radius 1 is 1.50 bits per heavy atom. The lowest BCUT2D eigenvalue weighted by molar-refractivity contribution is 0.589. The summed E-state index contributed by atoms with van der Waals surface area (Å²) in [4.78, 5) is 3.69. The number of nitrogens with one attached hydrogen (secondary N) is 1. The Labute approximate surface area is 73.4 Å². The van der Waals surface area contributed by atoms with Crippen molar-refractivity contribution in [3.63, 3.8) is 0 Å². The van der Waals surface area contributed by atoms with Crippen molar-refractivity contribution in [2.24, 2.45) is 4.99 Å². The highest BCUT2D eigenvalue weighted by Gasteiger charge is 2.01. The highest BCUT2D eigenvalue weighted by molar-refractivity contribution is 7.89. The summed E-state index contributed by atoms with van der Waals surface area (Å²) in [7, 11) is -1.82. The van der Waals surface area contributed by atoms with Gasteiger partial charge in [-0.25, -0.2) is 13.1 Å². The van der Waals surface area contributed by atoms with E-state index in [0.29, 0.717) is 0 Å². The van der Waals surface area contributed by atoms with E-state index in [1.165, 1.54) is 13.3 Å². The molecular weight excluding hydrogens is 176 g/mol. The molecule has 0 unspecified atom stereocenters. The number of rotatable bonds is 5. The van der Waals surface area contributed by atoms with Gasteiger partial charge in [0.25, 0.3) is 0 Å². The number of sulfonamides is 1. The second-order valence-electron chi connectivity index (χ2n) is 2.12. The lowest BCUT2D eigenvalue weighted by Crippen LogP contribution is -2.20. The molecule has 0 atom stereocenters. The van der Waals surface area contributed by atoms with Crippen molar-refractivity contribution in [3.8, 4) is 0 Å². The molecule has 0 aliphatic heterocycles. The van der Waals surface area contributed by atoms with Crippen molar-refractivity contribution in [2.45, 2.75) is 13.3 Å². The van der Waals surface area contributed by atoms with Crippen LogP contribution in [0.4, 0.5) is 0 Å². The number of hydrogen-bond donors (Lipinski definition) is 1. The molecule has 0 aromatic heterocycles. The molecule has 12 heavy (non-hydrogen) atoms. The van der Waals surface area contributed by atoms with Gasteiger partial charge < -0.3 is 0 Å². The van der Waals surface area contributed by atoms with Crippen LogP contribution in [0, 0.1) is 0 Å². The molecule has 0 aromatic carbocycles. The van der Waals surface area contributed by atoms with Crippen LogP contribution in [0.1, 0.15) is 13.3 Å². The van der Waals surface area contributed by atoms with E-state index in [1.54, 1.807) is 6.08 Å². The Kier molecular flexibility index (Phi) is 5.57. The summed E-state index contributed by atoms with van der Waals surface area (Å²) in [5.41, 5.74) is 0. The molecule has 0 amide bonds. The highest BCUT2D eigenvalue weighted by atomic mass is 32.2. The maximum absolute atomic E-state index is 10.8. The molecular formula is C7H14N2O2S. The molecule has 0 aromatic rings. The zero-order valence-corrected chi connectivity index (χ0v) is 8.13. The second kappa shape index (κ2) is 5.91. The normalized spacial score (nSPS) is 13.2. The topological polar surface area (TPSA) is 58.5 Å². The van der Waals surface area contributed by atoms with Crippen molar-refractivity contribution in [1.82, 2.24) is 4.72 Å². The van der Waals surface area contributed by atoms with E-state index < -0.39 is 10.0 Å².